The molecule has 2 heterocycles. The fourth-order valence-electron chi connectivity index (χ4n) is 3.00. The van der Waals surface area contributed by atoms with E-state index in [0.29, 0.717) is 0 Å². The van der Waals surface area contributed by atoms with E-state index < -0.39 is 0 Å². The second-order valence-corrected chi connectivity index (χ2v) is 6.28. The first-order chi connectivity index (χ1) is 12.8. The molecule has 2 aromatic heterocycles. The van der Waals surface area contributed by atoms with Crippen LogP contribution in [0.3, 0.4) is 0 Å². The molecule has 4 nitrogen and oxygen atoms in total. The zero-order valence-electron chi connectivity index (χ0n) is 14.7. The molecule has 4 heteroatoms. The third-order valence-corrected chi connectivity index (χ3v) is 4.48. The Balaban J connectivity index is 1.57. The van der Waals surface area contributed by atoms with Crippen LogP contribution in [0.2, 0.25) is 0 Å². The fraction of sp³-hybridized carbons (Fsp3) is 0.136. The van der Waals surface area contributed by atoms with Gasteiger partial charge in [0.25, 0.3) is 0 Å². The van der Waals surface area contributed by atoms with Crippen molar-refractivity contribution >= 4 is 22.4 Å². The summed E-state index contributed by atoms with van der Waals surface area (Å²) in [6, 6.07) is 18.9. The lowest BCUT2D eigenvalue weighted by Crippen LogP contribution is -1.97. The van der Waals surface area contributed by atoms with Gasteiger partial charge in [-0.2, -0.15) is 0 Å². The Hall–Kier alpha value is -3.27. The maximum Gasteiger partial charge on any atom is 0.141 e. The number of pyridine rings is 1. The van der Waals surface area contributed by atoms with E-state index in [1.165, 1.54) is 16.7 Å². The molecule has 0 aliphatic rings. The van der Waals surface area contributed by atoms with Gasteiger partial charge in [0.1, 0.15) is 12.1 Å². The minimum atomic E-state index is 0.840. The number of benzene rings is 2. The number of anilines is 2. The highest BCUT2D eigenvalue weighted by atomic mass is 15.0. The van der Waals surface area contributed by atoms with Gasteiger partial charge in [-0.15, -0.1) is 0 Å². The van der Waals surface area contributed by atoms with Crippen molar-refractivity contribution in [3.8, 4) is 0 Å². The van der Waals surface area contributed by atoms with Gasteiger partial charge in [0.15, 0.2) is 0 Å². The molecule has 0 amide bonds. The summed E-state index contributed by atoms with van der Waals surface area (Å²) < 4.78 is 0. The fourth-order valence-corrected chi connectivity index (χ4v) is 3.00. The summed E-state index contributed by atoms with van der Waals surface area (Å²) in [4.78, 5) is 12.9. The molecule has 128 valence electrons. The molecule has 26 heavy (non-hydrogen) atoms. The number of nitrogens with one attached hydrogen (secondary N) is 1. The lowest BCUT2D eigenvalue weighted by molar-refractivity contribution is 1.14. The van der Waals surface area contributed by atoms with Crippen molar-refractivity contribution in [3.05, 3.63) is 90.0 Å². The summed E-state index contributed by atoms with van der Waals surface area (Å²) in [6.07, 6.45) is 7.16. The SMILES string of the molecule is CCc1ccc2ncnc(Nc3ccc(Cc4ccncc4)cc3)c2c1. The third-order valence-electron chi connectivity index (χ3n) is 4.48. The number of fused-ring (bicyclic) bond motifs is 1. The van der Waals surface area contributed by atoms with Crippen LogP contribution in [0, 0.1) is 0 Å². The Bertz CT molecular complexity index is 1010. The first-order valence-electron chi connectivity index (χ1n) is 8.80. The highest BCUT2D eigenvalue weighted by molar-refractivity contribution is 5.91. The molecule has 0 spiro atoms. The number of rotatable bonds is 5. The smallest absolute Gasteiger partial charge is 0.141 e. The lowest BCUT2D eigenvalue weighted by atomic mass is 10.1. The van der Waals surface area contributed by atoms with Crippen LogP contribution >= 0.6 is 0 Å². The van der Waals surface area contributed by atoms with Crippen LogP contribution in [0.1, 0.15) is 23.6 Å². The van der Waals surface area contributed by atoms with E-state index in [1.807, 2.05) is 24.5 Å². The van der Waals surface area contributed by atoms with E-state index >= 15 is 0 Å². The molecule has 1 N–H and O–H groups in total. The van der Waals surface area contributed by atoms with Crippen LogP contribution < -0.4 is 5.32 Å². The molecule has 0 unspecified atom stereocenters. The van der Waals surface area contributed by atoms with Crippen LogP contribution in [0.15, 0.2) is 73.3 Å². The molecule has 0 saturated heterocycles. The molecule has 4 rings (SSSR count). The van der Waals surface area contributed by atoms with Gasteiger partial charge >= 0.3 is 0 Å². The molecule has 0 aliphatic carbocycles. The van der Waals surface area contributed by atoms with E-state index in [-0.39, 0.29) is 0 Å². The van der Waals surface area contributed by atoms with Crippen LogP contribution in [-0.2, 0) is 12.8 Å². The second kappa shape index (κ2) is 7.31. The Labute approximate surface area is 153 Å². The van der Waals surface area contributed by atoms with E-state index in [9.17, 15) is 0 Å². The van der Waals surface area contributed by atoms with E-state index in [0.717, 1.165) is 35.2 Å². The predicted molar refractivity (Wildman–Crippen MR) is 106 cm³/mol. The van der Waals surface area contributed by atoms with Gasteiger partial charge in [-0.25, -0.2) is 9.97 Å². The van der Waals surface area contributed by atoms with E-state index in [4.69, 9.17) is 0 Å². The normalized spacial score (nSPS) is 10.8. The summed E-state index contributed by atoms with van der Waals surface area (Å²) in [5.41, 5.74) is 5.78. The summed E-state index contributed by atoms with van der Waals surface area (Å²) in [5.74, 6) is 0.840. The van der Waals surface area contributed by atoms with Gasteiger partial charge in [0, 0.05) is 23.5 Å². The zero-order chi connectivity index (χ0) is 17.8. The molecule has 2 aromatic carbocycles. The molecule has 0 fully saturated rings. The van der Waals surface area contributed by atoms with Crippen LogP contribution in [0.4, 0.5) is 11.5 Å². The van der Waals surface area contributed by atoms with E-state index in [2.05, 4.69) is 69.7 Å². The Kier molecular flexibility index (Phi) is 4.56. The highest BCUT2D eigenvalue weighted by Crippen LogP contribution is 2.24. The third kappa shape index (κ3) is 3.54. The second-order valence-electron chi connectivity index (χ2n) is 6.28. The van der Waals surface area contributed by atoms with E-state index in [1.54, 1.807) is 6.33 Å². The average Bonchev–Trinajstić information content (AvgIpc) is 2.70. The monoisotopic (exact) mass is 340 g/mol. The van der Waals surface area contributed by atoms with Crippen molar-refractivity contribution in [2.75, 3.05) is 5.32 Å². The molecular weight excluding hydrogens is 320 g/mol. The minimum Gasteiger partial charge on any atom is -0.340 e. The summed E-state index contributed by atoms with van der Waals surface area (Å²) in [5, 5.41) is 4.48. The van der Waals surface area contributed by atoms with Crippen molar-refractivity contribution in [2.45, 2.75) is 19.8 Å². The molecule has 0 radical (unpaired) electrons. The van der Waals surface area contributed by atoms with Crippen molar-refractivity contribution in [1.29, 1.82) is 0 Å². The quantitative estimate of drug-likeness (QED) is 0.560. The molecule has 0 atom stereocenters. The number of aryl methyl sites for hydroxylation is 1. The van der Waals surface area contributed by atoms with Crippen molar-refractivity contribution < 1.29 is 0 Å². The number of hydrogen-bond acceptors (Lipinski definition) is 4. The molecule has 4 aromatic rings. The van der Waals surface area contributed by atoms with Crippen LogP contribution in [0.5, 0.6) is 0 Å². The van der Waals surface area contributed by atoms with Crippen LogP contribution in [0.25, 0.3) is 10.9 Å². The van der Waals surface area contributed by atoms with Gasteiger partial charge in [0.05, 0.1) is 5.52 Å². The number of nitrogens with zero attached hydrogens (tertiary/aromatic N) is 3. The van der Waals surface area contributed by atoms with Gasteiger partial charge in [0.2, 0.25) is 0 Å². The molecule has 0 bridgehead atoms. The van der Waals surface area contributed by atoms with Gasteiger partial charge in [-0.1, -0.05) is 25.1 Å². The average molecular weight is 340 g/mol. The Morgan fingerprint density at radius 3 is 2.31 bits per heavy atom. The summed E-state index contributed by atoms with van der Waals surface area (Å²) in [6.45, 7) is 2.15. The van der Waals surface area contributed by atoms with Gasteiger partial charge < -0.3 is 5.32 Å². The largest absolute Gasteiger partial charge is 0.340 e. The van der Waals surface area contributed by atoms with Crippen molar-refractivity contribution in [1.82, 2.24) is 15.0 Å². The van der Waals surface area contributed by atoms with Gasteiger partial charge in [-0.05, 0) is 65.9 Å². The zero-order valence-corrected chi connectivity index (χ0v) is 14.7. The molecule has 0 aliphatic heterocycles. The van der Waals surface area contributed by atoms with Crippen molar-refractivity contribution in [2.24, 2.45) is 0 Å². The topological polar surface area (TPSA) is 50.7 Å². The first kappa shape index (κ1) is 16.2. The molecular formula is C22H20N4. The Morgan fingerprint density at radius 1 is 0.808 bits per heavy atom. The standard InChI is InChI=1S/C22H20N4/c1-2-16-5-8-21-20(14-16)22(25-15-24-21)26-19-6-3-17(4-7-19)13-18-9-11-23-12-10-18/h3-12,14-15H,2,13H2,1H3,(H,24,25,26). The molecule has 0 saturated carbocycles. The number of aromatic nitrogens is 3. The minimum absolute atomic E-state index is 0.840. The van der Waals surface area contributed by atoms with Crippen molar-refractivity contribution in [3.63, 3.8) is 0 Å². The maximum absolute atomic E-state index is 4.44. The predicted octanol–water partition coefficient (Wildman–Crippen LogP) is 4.92. The lowest BCUT2D eigenvalue weighted by Gasteiger charge is -2.10. The maximum atomic E-state index is 4.44. The Morgan fingerprint density at radius 2 is 1.54 bits per heavy atom. The highest BCUT2D eigenvalue weighted by Gasteiger charge is 2.05. The first-order valence-corrected chi connectivity index (χ1v) is 8.80. The van der Waals surface area contributed by atoms with Crippen LogP contribution in [-0.4, -0.2) is 15.0 Å². The summed E-state index contributed by atoms with van der Waals surface area (Å²) >= 11 is 0. The summed E-state index contributed by atoms with van der Waals surface area (Å²) in [7, 11) is 0. The van der Waals surface area contributed by atoms with Gasteiger partial charge in [-0.3, -0.25) is 4.98 Å². The number of hydrogen-bond donors (Lipinski definition) is 1.